The number of ether oxygens (including phenoxy) is 2. The van der Waals surface area contributed by atoms with Gasteiger partial charge in [-0.3, -0.25) is 9.69 Å². The molecule has 0 spiro atoms. The van der Waals surface area contributed by atoms with Gasteiger partial charge in [-0.2, -0.15) is 0 Å². The van der Waals surface area contributed by atoms with Crippen LogP contribution in [-0.2, 0) is 27.5 Å². The van der Waals surface area contributed by atoms with Crippen molar-refractivity contribution in [3.05, 3.63) is 64.4 Å². The Kier molecular flexibility index (Phi) is 8.88. The molecule has 1 heterocycles. The lowest BCUT2D eigenvalue weighted by Gasteiger charge is -2.44. The lowest BCUT2D eigenvalue weighted by Crippen LogP contribution is -2.58. The number of hydrogen-bond acceptors (Lipinski definition) is 5. The Labute approximate surface area is 204 Å². The molecule has 1 fully saturated rings. The number of halogens is 2. The van der Waals surface area contributed by atoms with Gasteiger partial charge >= 0.3 is 5.97 Å². The Morgan fingerprint density at radius 3 is 2.53 bits per heavy atom. The topological polar surface area (TPSA) is 79.3 Å². The summed E-state index contributed by atoms with van der Waals surface area (Å²) < 4.78 is 24.3. The molecular formula is C25H30ClFN2O5. The quantitative estimate of drug-likeness (QED) is 0.570. The van der Waals surface area contributed by atoms with Gasteiger partial charge in [0.25, 0.3) is 5.91 Å². The minimum Gasteiger partial charge on any atom is -0.483 e. The number of carboxylic acid groups (broad SMARTS) is 1. The van der Waals surface area contributed by atoms with E-state index < -0.39 is 12.1 Å². The van der Waals surface area contributed by atoms with Gasteiger partial charge in [0.15, 0.2) is 12.7 Å². The van der Waals surface area contributed by atoms with E-state index in [-0.39, 0.29) is 37.0 Å². The highest BCUT2D eigenvalue weighted by atomic mass is 35.5. The molecule has 34 heavy (non-hydrogen) atoms. The van der Waals surface area contributed by atoms with Crippen LogP contribution in [-0.4, -0.2) is 64.7 Å². The molecule has 0 saturated carbocycles. The highest BCUT2D eigenvalue weighted by Crippen LogP contribution is 2.25. The van der Waals surface area contributed by atoms with Gasteiger partial charge in [0.2, 0.25) is 0 Å². The Morgan fingerprint density at radius 1 is 1.15 bits per heavy atom. The van der Waals surface area contributed by atoms with E-state index >= 15 is 0 Å². The van der Waals surface area contributed by atoms with Crippen molar-refractivity contribution in [3.8, 4) is 5.75 Å². The van der Waals surface area contributed by atoms with Gasteiger partial charge in [0.1, 0.15) is 11.6 Å². The van der Waals surface area contributed by atoms with Crippen molar-refractivity contribution < 1.29 is 28.6 Å². The second kappa shape index (κ2) is 11.6. The van der Waals surface area contributed by atoms with Crippen LogP contribution >= 0.6 is 11.6 Å². The molecule has 1 amide bonds. The molecule has 3 atom stereocenters. The van der Waals surface area contributed by atoms with E-state index in [0.29, 0.717) is 36.0 Å². The van der Waals surface area contributed by atoms with Crippen LogP contribution in [0, 0.1) is 5.82 Å². The average molecular weight is 493 g/mol. The van der Waals surface area contributed by atoms with Crippen molar-refractivity contribution in [2.75, 3.05) is 19.7 Å². The van der Waals surface area contributed by atoms with Crippen LogP contribution in [0.1, 0.15) is 31.9 Å². The molecule has 3 unspecified atom stereocenters. The summed E-state index contributed by atoms with van der Waals surface area (Å²) >= 11 is 6.07. The Bertz CT molecular complexity index is 1000. The third-order valence-corrected chi connectivity index (χ3v) is 6.18. The Balaban J connectivity index is 1.58. The second-order valence-corrected chi connectivity index (χ2v) is 9.07. The van der Waals surface area contributed by atoms with Crippen LogP contribution in [0.3, 0.4) is 0 Å². The van der Waals surface area contributed by atoms with Crippen LogP contribution in [0.5, 0.6) is 5.75 Å². The minimum absolute atomic E-state index is 0.00690. The van der Waals surface area contributed by atoms with Gasteiger partial charge in [-0.25, -0.2) is 9.18 Å². The molecule has 0 bridgehead atoms. The first kappa shape index (κ1) is 25.9. The number of benzene rings is 2. The van der Waals surface area contributed by atoms with Gasteiger partial charge in [-0.05, 0) is 56.7 Å². The summed E-state index contributed by atoms with van der Waals surface area (Å²) in [5.74, 6) is -1.04. The maximum absolute atomic E-state index is 13.2. The molecule has 0 aliphatic carbocycles. The number of aliphatic carboxylic acids is 1. The van der Waals surface area contributed by atoms with E-state index in [9.17, 15) is 14.0 Å². The van der Waals surface area contributed by atoms with Crippen molar-refractivity contribution in [3.63, 3.8) is 0 Å². The molecule has 184 valence electrons. The highest BCUT2D eigenvalue weighted by molar-refractivity contribution is 6.30. The summed E-state index contributed by atoms with van der Waals surface area (Å²) in [7, 11) is 0. The largest absolute Gasteiger partial charge is 0.483 e. The fourth-order valence-corrected chi connectivity index (χ4v) is 4.10. The zero-order chi connectivity index (χ0) is 24.8. The van der Waals surface area contributed by atoms with E-state index in [1.54, 1.807) is 30.3 Å². The summed E-state index contributed by atoms with van der Waals surface area (Å²) in [6.07, 6.45) is -0.984. The molecule has 1 aliphatic heterocycles. The Morgan fingerprint density at radius 2 is 1.85 bits per heavy atom. The molecule has 9 heteroatoms. The van der Waals surface area contributed by atoms with Crippen LogP contribution in [0.4, 0.5) is 4.39 Å². The van der Waals surface area contributed by atoms with Crippen LogP contribution in [0.15, 0.2) is 42.5 Å². The number of carboxylic acids is 1. The number of hydrogen-bond donors (Lipinski definition) is 1. The van der Waals surface area contributed by atoms with Crippen LogP contribution in [0.2, 0.25) is 5.02 Å². The molecule has 2 aromatic rings. The van der Waals surface area contributed by atoms with E-state index in [1.807, 2.05) is 11.8 Å². The molecule has 7 nitrogen and oxygen atoms in total. The molecule has 3 rings (SSSR count). The molecule has 2 aromatic carbocycles. The fourth-order valence-electron chi connectivity index (χ4n) is 3.90. The van der Waals surface area contributed by atoms with E-state index in [2.05, 4.69) is 11.8 Å². The second-order valence-electron chi connectivity index (χ2n) is 8.63. The van der Waals surface area contributed by atoms with Gasteiger partial charge < -0.3 is 19.5 Å². The monoisotopic (exact) mass is 492 g/mol. The van der Waals surface area contributed by atoms with Crippen molar-refractivity contribution >= 4 is 23.5 Å². The average Bonchev–Trinajstić information content (AvgIpc) is 2.80. The molecule has 1 aliphatic rings. The van der Waals surface area contributed by atoms with E-state index in [1.165, 1.54) is 19.1 Å². The number of rotatable bonds is 9. The van der Waals surface area contributed by atoms with Crippen molar-refractivity contribution in [2.24, 2.45) is 0 Å². The third-order valence-electron chi connectivity index (χ3n) is 5.94. The molecule has 1 saturated heterocycles. The summed E-state index contributed by atoms with van der Waals surface area (Å²) in [6, 6.07) is 11.5. The predicted molar refractivity (Wildman–Crippen MR) is 126 cm³/mol. The van der Waals surface area contributed by atoms with Gasteiger partial charge in [-0.1, -0.05) is 23.7 Å². The highest BCUT2D eigenvalue weighted by Gasteiger charge is 2.32. The standard InChI is InChI=1S/C25H30ClFN2O5/c1-16-12-29(17(2)11-28(16)13-19-4-7-22(27)8-5-19)24(30)15-34-23-9-6-21(26)10-20(23)14-33-18(3)25(31)32/h4-10,16-18H,11-15H2,1-3H3,(H,31,32). The lowest BCUT2D eigenvalue weighted by molar-refractivity contribution is -0.149. The van der Waals surface area contributed by atoms with Crippen molar-refractivity contribution in [1.82, 2.24) is 9.80 Å². The zero-order valence-corrected chi connectivity index (χ0v) is 20.3. The smallest absolute Gasteiger partial charge is 0.332 e. The number of nitrogens with zero attached hydrogens (tertiary/aromatic N) is 2. The number of piperazine rings is 1. The number of amides is 1. The summed E-state index contributed by atoms with van der Waals surface area (Å²) in [6.45, 7) is 7.27. The van der Waals surface area contributed by atoms with Gasteiger partial charge in [0, 0.05) is 42.3 Å². The van der Waals surface area contributed by atoms with Gasteiger partial charge in [0.05, 0.1) is 6.61 Å². The normalized spacial score (nSPS) is 19.6. The molecule has 1 N–H and O–H groups in total. The molecular weight excluding hydrogens is 463 g/mol. The predicted octanol–water partition coefficient (Wildman–Crippen LogP) is 3.97. The maximum Gasteiger partial charge on any atom is 0.332 e. The summed E-state index contributed by atoms with van der Waals surface area (Å²) in [5, 5.41) is 9.47. The summed E-state index contributed by atoms with van der Waals surface area (Å²) in [5.41, 5.74) is 1.59. The van der Waals surface area contributed by atoms with Crippen molar-refractivity contribution in [1.29, 1.82) is 0 Å². The molecule has 0 aromatic heterocycles. The number of carbonyl (C=O) groups excluding carboxylic acids is 1. The third kappa shape index (κ3) is 6.91. The first-order chi connectivity index (χ1) is 16.1. The first-order valence-corrected chi connectivity index (χ1v) is 11.6. The van der Waals surface area contributed by atoms with E-state index in [4.69, 9.17) is 26.2 Å². The SMILES string of the molecule is CC(OCc1cc(Cl)ccc1OCC(=O)N1CC(C)N(Cc2ccc(F)cc2)CC1C)C(=O)O. The minimum atomic E-state index is -1.07. The summed E-state index contributed by atoms with van der Waals surface area (Å²) in [4.78, 5) is 28.1. The van der Waals surface area contributed by atoms with Crippen LogP contribution < -0.4 is 4.74 Å². The lowest BCUT2D eigenvalue weighted by atomic mass is 10.1. The van der Waals surface area contributed by atoms with Gasteiger partial charge in [-0.15, -0.1) is 0 Å². The van der Waals surface area contributed by atoms with Crippen molar-refractivity contribution in [2.45, 2.75) is 52.1 Å². The number of carbonyl (C=O) groups is 2. The maximum atomic E-state index is 13.2. The van der Waals surface area contributed by atoms with Crippen LogP contribution in [0.25, 0.3) is 0 Å². The fraction of sp³-hybridized carbons (Fsp3) is 0.440. The van der Waals surface area contributed by atoms with E-state index in [0.717, 1.165) is 5.56 Å². The Hall–Kier alpha value is -2.68. The first-order valence-electron chi connectivity index (χ1n) is 11.2. The zero-order valence-electron chi connectivity index (χ0n) is 19.5. The molecule has 0 radical (unpaired) electrons.